The summed E-state index contributed by atoms with van der Waals surface area (Å²) >= 11 is 12.0. The van der Waals surface area contributed by atoms with Gasteiger partial charge >= 0.3 is 0 Å². The number of hydrogen-bond acceptors (Lipinski definition) is 2. The van der Waals surface area contributed by atoms with Crippen LogP contribution in [0.2, 0.25) is 10.0 Å². The van der Waals surface area contributed by atoms with Gasteiger partial charge in [-0.15, -0.1) is 0 Å². The first-order chi connectivity index (χ1) is 9.60. The van der Waals surface area contributed by atoms with E-state index >= 15 is 0 Å². The van der Waals surface area contributed by atoms with Gasteiger partial charge in [-0.2, -0.15) is 0 Å². The molecule has 2 fully saturated rings. The third-order valence-corrected chi connectivity index (χ3v) is 4.94. The lowest BCUT2D eigenvalue weighted by molar-refractivity contribution is -0.135. The van der Waals surface area contributed by atoms with Crippen LogP contribution in [0.4, 0.5) is 4.39 Å². The van der Waals surface area contributed by atoms with Crippen LogP contribution in [0.15, 0.2) is 12.1 Å². The summed E-state index contributed by atoms with van der Waals surface area (Å²) in [5, 5.41) is 3.94. The van der Waals surface area contributed by atoms with E-state index in [2.05, 4.69) is 5.32 Å². The van der Waals surface area contributed by atoms with Gasteiger partial charge in [-0.3, -0.25) is 0 Å². The van der Waals surface area contributed by atoms with Crippen molar-refractivity contribution in [3.63, 3.8) is 0 Å². The molecule has 1 aromatic rings. The van der Waals surface area contributed by atoms with Crippen molar-refractivity contribution in [2.45, 2.75) is 43.8 Å². The molecule has 1 spiro atoms. The number of rotatable bonds is 1. The molecule has 1 aliphatic heterocycles. The van der Waals surface area contributed by atoms with Crippen molar-refractivity contribution in [2.75, 3.05) is 13.1 Å². The topological polar surface area (TPSA) is 21.3 Å². The number of hydrogen-bond donors (Lipinski definition) is 1. The molecule has 0 radical (unpaired) electrons. The molecule has 1 saturated heterocycles. The van der Waals surface area contributed by atoms with Crippen LogP contribution < -0.4 is 5.32 Å². The first-order valence-electron chi connectivity index (χ1n) is 7.13. The van der Waals surface area contributed by atoms with Crippen LogP contribution in [-0.2, 0) is 4.74 Å². The number of ether oxygens (including phenoxy) is 1. The van der Waals surface area contributed by atoms with E-state index in [0.29, 0.717) is 17.1 Å². The molecule has 5 heteroatoms. The molecule has 1 heterocycles. The van der Waals surface area contributed by atoms with Gasteiger partial charge in [-0.25, -0.2) is 4.39 Å². The van der Waals surface area contributed by atoms with Crippen LogP contribution in [0.5, 0.6) is 0 Å². The predicted molar refractivity (Wildman–Crippen MR) is 78.9 cm³/mol. The highest BCUT2D eigenvalue weighted by atomic mass is 35.5. The van der Waals surface area contributed by atoms with E-state index in [9.17, 15) is 4.39 Å². The highest BCUT2D eigenvalue weighted by Gasteiger charge is 2.39. The van der Waals surface area contributed by atoms with Crippen molar-refractivity contribution in [2.24, 2.45) is 0 Å². The Morgan fingerprint density at radius 1 is 1.15 bits per heavy atom. The quantitative estimate of drug-likeness (QED) is 0.770. The van der Waals surface area contributed by atoms with Crippen LogP contribution in [0.3, 0.4) is 0 Å². The van der Waals surface area contributed by atoms with Gasteiger partial charge in [0.25, 0.3) is 0 Å². The van der Waals surface area contributed by atoms with Crippen molar-refractivity contribution in [1.29, 1.82) is 0 Å². The molecule has 1 unspecified atom stereocenters. The fourth-order valence-electron chi connectivity index (χ4n) is 3.27. The normalized spacial score (nSPS) is 25.9. The molecule has 2 nitrogen and oxygen atoms in total. The highest BCUT2D eigenvalue weighted by molar-refractivity contribution is 6.35. The summed E-state index contributed by atoms with van der Waals surface area (Å²) in [4.78, 5) is 0. The molecule has 1 N–H and O–H groups in total. The molecule has 1 aromatic carbocycles. The van der Waals surface area contributed by atoms with Crippen molar-refractivity contribution in [1.82, 2.24) is 5.32 Å². The Hall–Kier alpha value is -0.350. The molecule has 0 bridgehead atoms. The van der Waals surface area contributed by atoms with E-state index in [1.807, 2.05) is 0 Å². The predicted octanol–water partition coefficient (Wildman–Crippen LogP) is 4.50. The van der Waals surface area contributed by atoms with E-state index in [1.165, 1.54) is 31.4 Å². The lowest BCUT2D eigenvalue weighted by Gasteiger charge is -2.44. The van der Waals surface area contributed by atoms with E-state index < -0.39 is 5.82 Å². The van der Waals surface area contributed by atoms with E-state index in [-0.39, 0.29) is 16.7 Å². The van der Waals surface area contributed by atoms with Gasteiger partial charge in [-0.05, 0) is 25.0 Å². The fraction of sp³-hybridized carbons (Fsp3) is 0.600. The Bertz CT molecular complexity index is 497. The molecule has 20 heavy (non-hydrogen) atoms. The summed E-state index contributed by atoms with van der Waals surface area (Å²) in [6, 6.07) is 2.86. The molecular formula is C15H18Cl2FNO. The number of nitrogens with one attached hydrogen (secondary N) is 1. The summed E-state index contributed by atoms with van der Waals surface area (Å²) in [6.45, 7) is 1.53. The maximum Gasteiger partial charge on any atom is 0.142 e. The van der Waals surface area contributed by atoms with Crippen LogP contribution in [0.1, 0.15) is 43.8 Å². The summed E-state index contributed by atoms with van der Waals surface area (Å²) < 4.78 is 20.0. The van der Waals surface area contributed by atoms with Crippen molar-refractivity contribution >= 4 is 23.2 Å². The molecule has 0 amide bonds. The maximum absolute atomic E-state index is 13.7. The molecule has 1 aliphatic carbocycles. The zero-order chi connectivity index (χ0) is 14.2. The Labute approximate surface area is 128 Å². The number of morpholine rings is 1. The number of benzene rings is 1. The smallest absolute Gasteiger partial charge is 0.142 e. The molecular weight excluding hydrogens is 300 g/mol. The summed E-state index contributed by atoms with van der Waals surface area (Å²) in [5.41, 5.74) is 0.575. The number of halogens is 3. The second kappa shape index (κ2) is 5.80. The largest absolute Gasteiger partial charge is 0.364 e. The van der Waals surface area contributed by atoms with Gasteiger partial charge < -0.3 is 10.1 Å². The van der Waals surface area contributed by atoms with Crippen molar-refractivity contribution in [3.8, 4) is 0 Å². The van der Waals surface area contributed by atoms with E-state index in [4.69, 9.17) is 27.9 Å². The van der Waals surface area contributed by atoms with Gasteiger partial charge in [0.1, 0.15) is 5.82 Å². The summed E-state index contributed by atoms with van der Waals surface area (Å²) in [7, 11) is 0. The second-order valence-electron chi connectivity index (χ2n) is 5.77. The lowest BCUT2D eigenvalue weighted by atomic mass is 9.83. The minimum absolute atomic E-state index is 0.0508. The fourth-order valence-corrected chi connectivity index (χ4v) is 3.77. The van der Waals surface area contributed by atoms with Gasteiger partial charge in [0, 0.05) is 23.7 Å². The summed E-state index contributed by atoms with van der Waals surface area (Å²) in [5.74, 6) is -0.446. The van der Waals surface area contributed by atoms with Crippen molar-refractivity contribution in [3.05, 3.63) is 33.6 Å². The maximum atomic E-state index is 13.7. The van der Waals surface area contributed by atoms with Crippen LogP contribution in [0, 0.1) is 5.82 Å². The van der Waals surface area contributed by atoms with Gasteiger partial charge in [-0.1, -0.05) is 42.5 Å². The Balaban J connectivity index is 1.85. The zero-order valence-corrected chi connectivity index (χ0v) is 12.7. The zero-order valence-electron chi connectivity index (χ0n) is 11.2. The SMILES string of the molecule is Fc1cc(C2CNCC3(CCCCC3)O2)c(Cl)cc1Cl. The summed E-state index contributed by atoms with van der Waals surface area (Å²) in [6.07, 6.45) is 5.57. The van der Waals surface area contributed by atoms with Crippen LogP contribution in [-0.4, -0.2) is 18.7 Å². The Morgan fingerprint density at radius 3 is 2.65 bits per heavy atom. The first kappa shape index (κ1) is 14.6. The standard InChI is InChI=1S/C15H18Cl2FNO/c16-11-7-12(17)13(18)6-10(11)14-8-19-9-15(20-14)4-2-1-3-5-15/h6-7,14,19H,1-5,8-9H2. The molecule has 1 saturated carbocycles. The molecule has 2 aliphatic rings. The van der Waals surface area contributed by atoms with Gasteiger partial charge in [0.05, 0.1) is 16.7 Å². The van der Waals surface area contributed by atoms with Gasteiger partial charge in [0.15, 0.2) is 0 Å². The van der Waals surface area contributed by atoms with Crippen LogP contribution in [0.25, 0.3) is 0 Å². The highest BCUT2D eigenvalue weighted by Crippen LogP contribution is 2.40. The lowest BCUT2D eigenvalue weighted by Crippen LogP contribution is -2.51. The molecule has 110 valence electrons. The van der Waals surface area contributed by atoms with E-state index in [1.54, 1.807) is 0 Å². The Kier molecular flexibility index (Phi) is 4.23. The van der Waals surface area contributed by atoms with E-state index in [0.717, 1.165) is 19.4 Å². The minimum atomic E-state index is -0.446. The average molecular weight is 318 g/mol. The average Bonchev–Trinajstić information content (AvgIpc) is 2.44. The van der Waals surface area contributed by atoms with Crippen LogP contribution >= 0.6 is 23.2 Å². The third kappa shape index (κ3) is 2.82. The molecule has 1 atom stereocenters. The molecule has 0 aromatic heterocycles. The van der Waals surface area contributed by atoms with Crippen molar-refractivity contribution < 1.29 is 9.13 Å². The monoisotopic (exact) mass is 317 g/mol. The molecule has 3 rings (SSSR count). The second-order valence-corrected chi connectivity index (χ2v) is 6.58. The Morgan fingerprint density at radius 2 is 1.90 bits per heavy atom. The first-order valence-corrected chi connectivity index (χ1v) is 7.88. The minimum Gasteiger partial charge on any atom is -0.364 e. The third-order valence-electron chi connectivity index (χ3n) is 4.32. The van der Waals surface area contributed by atoms with Gasteiger partial charge in [0.2, 0.25) is 0 Å².